The molecule has 3 aliphatic carbocycles. The van der Waals surface area contributed by atoms with E-state index in [2.05, 4.69) is 44.3 Å². The molecule has 1 aromatic carbocycles. The zero-order valence-corrected chi connectivity index (χ0v) is 18.1. The van der Waals surface area contributed by atoms with Gasteiger partial charge in [-0.15, -0.1) is 0 Å². The van der Waals surface area contributed by atoms with Crippen molar-refractivity contribution < 1.29 is 4.52 Å². The van der Waals surface area contributed by atoms with Crippen LogP contribution in [-0.4, -0.2) is 35.6 Å². The minimum Gasteiger partial charge on any atom is -0.371 e. The Morgan fingerprint density at radius 3 is 2.72 bits per heavy atom. The van der Waals surface area contributed by atoms with Crippen LogP contribution in [-0.2, 0) is 11.8 Å². The molecule has 0 bridgehead atoms. The third-order valence-corrected chi connectivity index (χ3v) is 8.44. The van der Waals surface area contributed by atoms with Crippen LogP contribution < -0.4 is 9.62 Å². The topological polar surface area (TPSA) is 44.5 Å². The molecule has 1 N–H and O–H groups in total. The number of nitrogens with zero attached hydrogens (tertiary/aromatic N) is 3. The van der Waals surface area contributed by atoms with Crippen molar-refractivity contribution in [2.45, 2.75) is 69.2 Å². The zero-order chi connectivity index (χ0) is 19.4. The molecular weight excluding hydrogens is 380 g/mol. The van der Waals surface area contributed by atoms with E-state index in [1.807, 2.05) is 0 Å². The fourth-order valence-corrected chi connectivity index (χ4v) is 6.13. The van der Waals surface area contributed by atoms with Crippen LogP contribution in [0.3, 0.4) is 0 Å². The van der Waals surface area contributed by atoms with E-state index in [1.54, 1.807) is 12.1 Å². The standard InChI is InChI=1S/C23H30N4OS/c1-26(16-6-3-2-4-7-16)29-25-22-19-15-23(10-11-23)20-9-8-17(27-12-5-13-27)14-18(20)21(19)28-24-22/h8-9,14,16H,2-7,10-13,15H2,1H3,(H,24,25). The van der Waals surface area contributed by atoms with E-state index >= 15 is 0 Å². The van der Waals surface area contributed by atoms with Crippen LogP contribution >= 0.6 is 12.1 Å². The highest BCUT2D eigenvalue weighted by Crippen LogP contribution is 2.58. The van der Waals surface area contributed by atoms with Crippen molar-refractivity contribution in [1.29, 1.82) is 0 Å². The summed E-state index contributed by atoms with van der Waals surface area (Å²) in [6.07, 6.45) is 11.6. The van der Waals surface area contributed by atoms with Crippen molar-refractivity contribution in [1.82, 2.24) is 9.46 Å². The molecular formula is C23H30N4OS. The van der Waals surface area contributed by atoms with E-state index in [1.165, 1.54) is 86.8 Å². The number of nitrogens with one attached hydrogen (secondary N) is 1. The van der Waals surface area contributed by atoms with E-state index in [9.17, 15) is 0 Å². The lowest BCUT2D eigenvalue weighted by molar-refractivity contribution is 0.306. The molecule has 1 spiro atoms. The Balaban J connectivity index is 1.26. The summed E-state index contributed by atoms with van der Waals surface area (Å²) in [7, 11) is 2.21. The Hall–Kier alpha value is -1.66. The maximum Gasteiger partial charge on any atom is 0.184 e. The smallest absolute Gasteiger partial charge is 0.184 e. The summed E-state index contributed by atoms with van der Waals surface area (Å²) in [5.41, 5.74) is 5.68. The molecule has 6 heteroatoms. The molecule has 3 fully saturated rings. The zero-order valence-electron chi connectivity index (χ0n) is 17.2. The minimum absolute atomic E-state index is 0.317. The van der Waals surface area contributed by atoms with Gasteiger partial charge in [0, 0.05) is 53.5 Å². The SMILES string of the molecule is CN(SNc1noc2c1CC1(CC1)c1ccc(N3CCC3)cc1-2)C1CCCCC1. The third-order valence-electron chi connectivity index (χ3n) is 7.57. The molecule has 154 valence electrons. The molecule has 0 atom stereocenters. The second-order valence-electron chi connectivity index (χ2n) is 9.40. The molecule has 5 nitrogen and oxygen atoms in total. The molecule has 29 heavy (non-hydrogen) atoms. The average Bonchev–Trinajstić information content (AvgIpc) is 3.36. The van der Waals surface area contributed by atoms with Crippen molar-refractivity contribution >= 4 is 23.6 Å². The Morgan fingerprint density at radius 1 is 1.17 bits per heavy atom. The Kier molecular flexibility index (Phi) is 4.34. The highest BCUT2D eigenvalue weighted by molar-refractivity contribution is 7.98. The van der Waals surface area contributed by atoms with Gasteiger partial charge in [-0.25, -0.2) is 4.31 Å². The van der Waals surface area contributed by atoms with Crippen LogP contribution in [0.1, 0.15) is 62.5 Å². The van der Waals surface area contributed by atoms with Crippen LogP contribution in [0.25, 0.3) is 11.3 Å². The van der Waals surface area contributed by atoms with Crippen LogP contribution in [0, 0.1) is 0 Å². The van der Waals surface area contributed by atoms with Gasteiger partial charge < -0.3 is 9.42 Å². The fraction of sp³-hybridized carbons (Fsp3) is 0.609. The lowest BCUT2D eigenvalue weighted by Crippen LogP contribution is -2.37. The number of rotatable bonds is 5. The van der Waals surface area contributed by atoms with Gasteiger partial charge in [-0.2, -0.15) is 0 Å². The van der Waals surface area contributed by atoms with Crippen LogP contribution in [0.4, 0.5) is 11.5 Å². The predicted octanol–water partition coefficient (Wildman–Crippen LogP) is 5.38. The number of anilines is 2. The molecule has 6 rings (SSSR count). The van der Waals surface area contributed by atoms with Crippen molar-refractivity contribution in [3.05, 3.63) is 29.3 Å². The Bertz CT molecular complexity index is 912. The molecule has 2 saturated carbocycles. The Morgan fingerprint density at radius 2 is 2.00 bits per heavy atom. The van der Waals surface area contributed by atoms with Gasteiger partial charge in [0.05, 0.1) is 0 Å². The first-order chi connectivity index (χ1) is 14.2. The summed E-state index contributed by atoms with van der Waals surface area (Å²) in [4.78, 5) is 2.46. The number of benzene rings is 1. The number of aromatic nitrogens is 1. The van der Waals surface area contributed by atoms with Gasteiger partial charge in [0.15, 0.2) is 11.6 Å². The van der Waals surface area contributed by atoms with E-state index in [0.29, 0.717) is 11.5 Å². The van der Waals surface area contributed by atoms with Crippen LogP contribution in [0.15, 0.2) is 22.7 Å². The summed E-state index contributed by atoms with van der Waals surface area (Å²) < 4.78 is 11.9. The first-order valence-corrected chi connectivity index (χ1v) is 12.1. The molecule has 0 amide bonds. The molecule has 1 saturated heterocycles. The van der Waals surface area contributed by atoms with Crippen molar-refractivity contribution in [2.75, 3.05) is 29.8 Å². The summed E-state index contributed by atoms with van der Waals surface area (Å²) >= 11 is 1.69. The van der Waals surface area contributed by atoms with Gasteiger partial charge in [0.25, 0.3) is 0 Å². The van der Waals surface area contributed by atoms with Gasteiger partial charge in [0.2, 0.25) is 0 Å². The maximum absolute atomic E-state index is 5.94. The van der Waals surface area contributed by atoms with E-state index < -0.39 is 0 Å². The molecule has 2 heterocycles. The quantitative estimate of drug-likeness (QED) is 0.668. The third kappa shape index (κ3) is 3.07. The number of hydrogen-bond donors (Lipinski definition) is 1. The molecule has 4 aliphatic rings. The molecule has 0 radical (unpaired) electrons. The first kappa shape index (κ1) is 18.1. The normalized spacial score (nSPS) is 22.3. The number of fused-ring (bicyclic) bond motifs is 4. The fourth-order valence-electron chi connectivity index (χ4n) is 5.38. The second-order valence-corrected chi connectivity index (χ2v) is 10.4. The van der Waals surface area contributed by atoms with Crippen molar-refractivity contribution in [3.63, 3.8) is 0 Å². The summed E-state index contributed by atoms with van der Waals surface area (Å²) in [6.45, 7) is 2.34. The second kappa shape index (κ2) is 6.95. The van der Waals surface area contributed by atoms with Crippen LogP contribution in [0.5, 0.6) is 0 Å². The summed E-state index contributed by atoms with van der Waals surface area (Å²) in [5.74, 6) is 1.92. The lowest BCUT2D eigenvalue weighted by Gasteiger charge is -2.34. The van der Waals surface area contributed by atoms with E-state index in [4.69, 9.17) is 4.52 Å². The van der Waals surface area contributed by atoms with Gasteiger partial charge in [-0.05, 0) is 63.3 Å². The highest BCUT2D eigenvalue weighted by atomic mass is 32.2. The van der Waals surface area contributed by atoms with Crippen LogP contribution in [0.2, 0.25) is 0 Å². The van der Waals surface area contributed by atoms with Gasteiger partial charge in [0.1, 0.15) is 0 Å². The average molecular weight is 411 g/mol. The molecule has 0 unspecified atom stereocenters. The summed E-state index contributed by atoms with van der Waals surface area (Å²) in [5, 5.41) is 4.47. The molecule has 2 aromatic rings. The van der Waals surface area contributed by atoms with Gasteiger partial charge in [-0.3, -0.25) is 4.72 Å². The highest BCUT2D eigenvalue weighted by Gasteiger charge is 2.50. The summed E-state index contributed by atoms with van der Waals surface area (Å²) in [6, 6.07) is 7.69. The first-order valence-electron chi connectivity index (χ1n) is 11.3. The Labute approximate surface area is 177 Å². The monoisotopic (exact) mass is 410 g/mol. The number of hydrogen-bond acceptors (Lipinski definition) is 6. The largest absolute Gasteiger partial charge is 0.371 e. The minimum atomic E-state index is 0.317. The van der Waals surface area contributed by atoms with Gasteiger partial charge in [-0.1, -0.05) is 30.5 Å². The lowest BCUT2D eigenvalue weighted by atomic mass is 9.79. The van der Waals surface area contributed by atoms with Crippen molar-refractivity contribution in [3.8, 4) is 11.3 Å². The molecule has 1 aliphatic heterocycles. The maximum atomic E-state index is 5.94. The predicted molar refractivity (Wildman–Crippen MR) is 119 cm³/mol. The molecule has 1 aromatic heterocycles. The van der Waals surface area contributed by atoms with Gasteiger partial charge >= 0.3 is 0 Å². The van der Waals surface area contributed by atoms with E-state index in [0.717, 1.165) is 18.0 Å². The van der Waals surface area contributed by atoms with E-state index in [-0.39, 0.29) is 0 Å². The van der Waals surface area contributed by atoms with Crippen molar-refractivity contribution in [2.24, 2.45) is 0 Å².